The van der Waals surface area contributed by atoms with Gasteiger partial charge in [0, 0.05) is 5.69 Å². The first-order valence-corrected chi connectivity index (χ1v) is 8.97. The molecule has 0 saturated heterocycles. The van der Waals surface area contributed by atoms with E-state index in [4.69, 9.17) is 4.74 Å². The average Bonchev–Trinajstić information content (AvgIpc) is 2.54. The van der Waals surface area contributed by atoms with Crippen molar-refractivity contribution in [3.63, 3.8) is 0 Å². The Balaban J connectivity index is 2.16. The van der Waals surface area contributed by atoms with Crippen LogP contribution in [0, 0.1) is 0 Å². The van der Waals surface area contributed by atoms with Gasteiger partial charge in [-0.2, -0.15) is 0 Å². The Hall–Kier alpha value is -2.82. The first kappa shape index (κ1) is 20.5. The van der Waals surface area contributed by atoms with Crippen LogP contribution in [-0.4, -0.2) is 17.4 Å². The van der Waals surface area contributed by atoms with Crippen LogP contribution in [0.1, 0.15) is 47.1 Å². The van der Waals surface area contributed by atoms with Gasteiger partial charge in [0.25, 0.3) is 0 Å². The summed E-state index contributed by atoms with van der Waals surface area (Å²) in [5.41, 5.74) is 1.46. The Labute approximate surface area is 161 Å². The van der Waals surface area contributed by atoms with E-state index in [1.54, 1.807) is 24.3 Å². The first-order chi connectivity index (χ1) is 12.5. The molecule has 0 fully saturated rings. The Morgan fingerprint density at radius 3 is 1.78 bits per heavy atom. The zero-order valence-electron chi connectivity index (χ0n) is 16.8. The molecule has 0 bridgehead atoms. The Bertz CT molecular complexity index is 830. The number of anilines is 2. The van der Waals surface area contributed by atoms with E-state index in [-0.39, 0.29) is 5.41 Å². The molecule has 2 amide bonds. The summed E-state index contributed by atoms with van der Waals surface area (Å²) < 4.78 is 5.85. The monoisotopic (exact) mass is 368 g/mol. The van der Waals surface area contributed by atoms with Crippen molar-refractivity contribution in [1.29, 1.82) is 0 Å². The lowest BCUT2D eigenvalue weighted by atomic mass is 9.86. The van der Waals surface area contributed by atoms with Gasteiger partial charge in [0.05, 0.1) is 5.69 Å². The third-order valence-corrected chi connectivity index (χ3v) is 3.74. The molecule has 2 N–H and O–H groups in total. The lowest BCUT2D eigenvalue weighted by Crippen LogP contribution is -2.31. The van der Waals surface area contributed by atoms with Gasteiger partial charge in [-0.15, -0.1) is 0 Å². The van der Waals surface area contributed by atoms with Crippen molar-refractivity contribution in [1.82, 2.24) is 0 Å². The summed E-state index contributed by atoms with van der Waals surface area (Å²) in [5, 5.41) is 5.35. The van der Waals surface area contributed by atoms with Gasteiger partial charge in [0.1, 0.15) is 11.4 Å². The van der Waals surface area contributed by atoms with E-state index in [0.717, 1.165) is 5.56 Å². The molecule has 27 heavy (non-hydrogen) atoms. The maximum atomic E-state index is 12.4. The van der Waals surface area contributed by atoms with Gasteiger partial charge >= 0.3 is 11.8 Å². The quantitative estimate of drug-likeness (QED) is 0.769. The van der Waals surface area contributed by atoms with Gasteiger partial charge in [-0.05, 0) is 49.9 Å². The molecular weight excluding hydrogens is 340 g/mol. The van der Waals surface area contributed by atoms with Gasteiger partial charge < -0.3 is 15.4 Å². The standard InChI is InChI=1S/C22H28N2O3/c1-21(2,3)15-11-7-8-12-16(15)23-19(25)20(26)24-17-13-9-10-14-18(17)27-22(4,5)6/h7-14H,1-6H3,(H,23,25)(H,24,26). The second kappa shape index (κ2) is 7.82. The lowest BCUT2D eigenvalue weighted by Gasteiger charge is -2.24. The summed E-state index contributed by atoms with van der Waals surface area (Å²) >= 11 is 0. The normalized spacial score (nSPS) is 11.6. The smallest absolute Gasteiger partial charge is 0.314 e. The number of carbonyl (C=O) groups is 2. The molecular formula is C22H28N2O3. The van der Waals surface area contributed by atoms with E-state index in [1.165, 1.54) is 0 Å². The maximum absolute atomic E-state index is 12.4. The van der Waals surface area contributed by atoms with Gasteiger partial charge in [-0.25, -0.2) is 0 Å². The van der Waals surface area contributed by atoms with Gasteiger partial charge in [-0.3, -0.25) is 9.59 Å². The summed E-state index contributed by atoms with van der Waals surface area (Å²) in [5.74, 6) is -0.956. The molecule has 0 aliphatic carbocycles. The SMILES string of the molecule is CC(C)(C)Oc1ccccc1NC(=O)C(=O)Nc1ccccc1C(C)(C)C. The third-order valence-electron chi connectivity index (χ3n) is 3.74. The largest absolute Gasteiger partial charge is 0.486 e. The van der Waals surface area contributed by atoms with E-state index in [0.29, 0.717) is 17.1 Å². The van der Waals surface area contributed by atoms with Crippen molar-refractivity contribution in [3.8, 4) is 5.75 Å². The second-order valence-corrected chi connectivity index (χ2v) is 8.41. The fraction of sp³-hybridized carbons (Fsp3) is 0.364. The molecule has 0 saturated carbocycles. The molecule has 2 aromatic carbocycles. The average molecular weight is 368 g/mol. The van der Waals surface area contributed by atoms with Crippen LogP contribution < -0.4 is 15.4 Å². The number of nitrogens with one attached hydrogen (secondary N) is 2. The van der Waals surface area contributed by atoms with Gasteiger partial charge in [0.2, 0.25) is 0 Å². The van der Waals surface area contributed by atoms with Crippen molar-refractivity contribution in [2.75, 3.05) is 10.6 Å². The molecule has 0 radical (unpaired) electrons. The first-order valence-electron chi connectivity index (χ1n) is 8.97. The predicted octanol–water partition coefficient (Wildman–Crippen LogP) is 4.74. The number of carbonyl (C=O) groups excluding carboxylic acids is 2. The van der Waals surface area contributed by atoms with Gasteiger partial charge in [0.15, 0.2) is 0 Å². The van der Waals surface area contributed by atoms with Gasteiger partial charge in [-0.1, -0.05) is 51.1 Å². The summed E-state index contributed by atoms with van der Waals surface area (Å²) in [7, 11) is 0. The number of para-hydroxylation sites is 3. The number of amides is 2. The van der Waals surface area contributed by atoms with Crippen LogP contribution in [0.4, 0.5) is 11.4 Å². The second-order valence-electron chi connectivity index (χ2n) is 8.41. The highest BCUT2D eigenvalue weighted by Gasteiger charge is 2.22. The van der Waals surface area contributed by atoms with Crippen LogP contribution in [0.5, 0.6) is 5.75 Å². The third kappa shape index (κ3) is 5.84. The van der Waals surface area contributed by atoms with Crippen molar-refractivity contribution in [2.24, 2.45) is 0 Å². The molecule has 0 heterocycles. The highest BCUT2D eigenvalue weighted by atomic mass is 16.5. The summed E-state index contributed by atoms with van der Waals surface area (Å²) in [4.78, 5) is 24.8. The van der Waals surface area contributed by atoms with Crippen LogP contribution in [0.2, 0.25) is 0 Å². The molecule has 2 rings (SSSR count). The molecule has 5 nitrogen and oxygen atoms in total. The van der Waals surface area contributed by atoms with Crippen LogP contribution in [0.3, 0.4) is 0 Å². The molecule has 0 atom stereocenters. The minimum atomic E-state index is -0.747. The minimum Gasteiger partial charge on any atom is -0.486 e. The fourth-order valence-electron chi connectivity index (χ4n) is 2.59. The van der Waals surface area contributed by atoms with Crippen LogP contribution in [0.15, 0.2) is 48.5 Å². The zero-order valence-corrected chi connectivity index (χ0v) is 16.8. The molecule has 0 aliphatic heterocycles. The van der Waals surface area contributed by atoms with Crippen LogP contribution in [-0.2, 0) is 15.0 Å². The van der Waals surface area contributed by atoms with E-state index in [2.05, 4.69) is 31.4 Å². The maximum Gasteiger partial charge on any atom is 0.314 e. The number of ether oxygens (including phenoxy) is 1. The topological polar surface area (TPSA) is 67.4 Å². The molecule has 5 heteroatoms. The van der Waals surface area contributed by atoms with Crippen molar-refractivity contribution in [2.45, 2.75) is 52.6 Å². The predicted molar refractivity (Wildman–Crippen MR) is 109 cm³/mol. The molecule has 0 unspecified atom stereocenters. The fourth-order valence-corrected chi connectivity index (χ4v) is 2.59. The van der Waals surface area contributed by atoms with E-state index >= 15 is 0 Å². The van der Waals surface area contributed by atoms with Crippen molar-refractivity contribution >= 4 is 23.2 Å². The Kier molecular flexibility index (Phi) is 5.94. The van der Waals surface area contributed by atoms with Crippen LogP contribution in [0.25, 0.3) is 0 Å². The van der Waals surface area contributed by atoms with E-state index < -0.39 is 17.4 Å². The lowest BCUT2D eigenvalue weighted by molar-refractivity contribution is -0.133. The minimum absolute atomic E-state index is 0.159. The number of hydrogen-bond acceptors (Lipinski definition) is 3. The van der Waals surface area contributed by atoms with Crippen molar-refractivity contribution < 1.29 is 14.3 Å². The van der Waals surface area contributed by atoms with E-state index in [9.17, 15) is 9.59 Å². The number of rotatable bonds is 3. The zero-order chi connectivity index (χ0) is 20.2. The summed E-state index contributed by atoms with van der Waals surface area (Å²) in [6.45, 7) is 11.9. The molecule has 2 aromatic rings. The number of benzene rings is 2. The molecule has 0 aromatic heterocycles. The summed E-state index contributed by atoms with van der Waals surface area (Å²) in [6, 6.07) is 14.5. The Morgan fingerprint density at radius 1 is 0.741 bits per heavy atom. The number of hydrogen-bond donors (Lipinski definition) is 2. The highest BCUT2D eigenvalue weighted by molar-refractivity contribution is 6.43. The molecule has 0 spiro atoms. The van der Waals surface area contributed by atoms with E-state index in [1.807, 2.05) is 45.0 Å². The molecule has 144 valence electrons. The highest BCUT2D eigenvalue weighted by Crippen LogP contribution is 2.30. The van der Waals surface area contributed by atoms with Crippen LogP contribution >= 0.6 is 0 Å². The summed E-state index contributed by atoms with van der Waals surface area (Å²) in [6.07, 6.45) is 0. The van der Waals surface area contributed by atoms with Crippen molar-refractivity contribution in [3.05, 3.63) is 54.1 Å². The Morgan fingerprint density at radius 2 is 1.22 bits per heavy atom. The molecule has 0 aliphatic rings.